The molecule has 1 amide bonds. The molecule has 0 N–H and O–H groups in total. The summed E-state index contributed by atoms with van der Waals surface area (Å²) in [4.78, 5) is 38.7. The molecule has 0 spiro atoms. The van der Waals surface area contributed by atoms with Crippen LogP contribution in [0.4, 0.5) is 5.69 Å². The number of hydrogen-bond donors (Lipinski definition) is 0. The molecule has 3 aromatic rings. The van der Waals surface area contributed by atoms with Gasteiger partial charge < -0.3 is 9.64 Å². The molecule has 1 aliphatic rings. The first-order valence-corrected chi connectivity index (χ1v) is 10.0. The summed E-state index contributed by atoms with van der Waals surface area (Å²) in [5.41, 5.74) is 1.23. The molecule has 4 rings (SSSR count). The summed E-state index contributed by atoms with van der Waals surface area (Å²) >= 11 is 3.31. The van der Waals surface area contributed by atoms with Crippen LogP contribution in [-0.2, 0) is 14.3 Å². The number of rotatable bonds is 5. The van der Waals surface area contributed by atoms with Gasteiger partial charge in [-0.2, -0.15) is 0 Å². The smallest absolute Gasteiger partial charge is 0.311 e. The van der Waals surface area contributed by atoms with E-state index >= 15 is 0 Å². The van der Waals surface area contributed by atoms with Gasteiger partial charge in [0.05, 0.1) is 5.92 Å². The van der Waals surface area contributed by atoms with Crippen LogP contribution in [0.5, 0.6) is 0 Å². The van der Waals surface area contributed by atoms with E-state index in [0.29, 0.717) is 5.56 Å². The SMILES string of the molecule is O=C(COC(=O)[C@H]1CC(=O)N(c2ccc3ccccc3c2)C1)c1ccc(Br)cc1. The highest BCUT2D eigenvalue weighted by molar-refractivity contribution is 9.10. The van der Waals surface area contributed by atoms with Crippen LogP contribution in [0.1, 0.15) is 16.8 Å². The van der Waals surface area contributed by atoms with E-state index in [4.69, 9.17) is 4.74 Å². The lowest BCUT2D eigenvalue weighted by atomic mass is 10.1. The molecular weight excluding hydrogens is 434 g/mol. The molecule has 0 aromatic heterocycles. The number of esters is 1. The summed E-state index contributed by atoms with van der Waals surface area (Å²) in [6.07, 6.45) is 0.0815. The fraction of sp³-hybridized carbons (Fsp3) is 0.174. The number of Topliss-reactive ketones (excluding diaryl/α,β-unsaturated/α-hetero) is 1. The Labute approximate surface area is 176 Å². The topological polar surface area (TPSA) is 63.7 Å². The Hall–Kier alpha value is -2.99. The summed E-state index contributed by atoms with van der Waals surface area (Å²) in [5, 5.41) is 2.12. The summed E-state index contributed by atoms with van der Waals surface area (Å²) in [5.74, 6) is -1.50. The van der Waals surface area contributed by atoms with Crippen LogP contribution in [0.25, 0.3) is 10.8 Å². The maximum absolute atomic E-state index is 12.5. The van der Waals surface area contributed by atoms with Crippen molar-refractivity contribution >= 4 is 50.0 Å². The molecule has 5 nitrogen and oxygen atoms in total. The molecule has 0 bridgehead atoms. The summed E-state index contributed by atoms with van der Waals surface area (Å²) in [6.45, 7) is -0.0798. The molecule has 0 saturated carbocycles. The number of anilines is 1. The second kappa shape index (κ2) is 8.17. The minimum atomic E-state index is -0.577. The van der Waals surface area contributed by atoms with Crippen molar-refractivity contribution in [2.24, 2.45) is 5.92 Å². The molecule has 0 radical (unpaired) electrons. The van der Waals surface area contributed by atoms with Gasteiger partial charge in [-0.05, 0) is 35.0 Å². The van der Waals surface area contributed by atoms with E-state index < -0.39 is 11.9 Å². The zero-order chi connectivity index (χ0) is 20.4. The fourth-order valence-corrected chi connectivity index (χ4v) is 3.70. The van der Waals surface area contributed by atoms with Gasteiger partial charge in [-0.3, -0.25) is 14.4 Å². The number of carbonyl (C=O) groups excluding carboxylic acids is 3. The minimum absolute atomic E-state index is 0.0815. The molecule has 146 valence electrons. The Morgan fingerprint density at radius 3 is 2.48 bits per heavy atom. The van der Waals surface area contributed by atoms with Crippen molar-refractivity contribution in [1.82, 2.24) is 0 Å². The lowest BCUT2D eigenvalue weighted by molar-refractivity contribution is -0.147. The van der Waals surface area contributed by atoms with Gasteiger partial charge in [0.25, 0.3) is 0 Å². The van der Waals surface area contributed by atoms with E-state index in [9.17, 15) is 14.4 Å². The number of benzene rings is 3. The number of ether oxygens (including phenoxy) is 1. The standard InChI is InChI=1S/C23H18BrNO4/c24-19-8-5-16(6-9-19)21(26)14-29-23(28)18-12-22(27)25(13-18)20-10-7-15-3-1-2-4-17(15)11-20/h1-11,18H,12-14H2/t18-/m0/s1. The van der Waals surface area contributed by atoms with Crippen LogP contribution in [0, 0.1) is 5.92 Å². The highest BCUT2D eigenvalue weighted by atomic mass is 79.9. The van der Waals surface area contributed by atoms with Gasteiger partial charge in [-0.15, -0.1) is 0 Å². The molecule has 1 heterocycles. The van der Waals surface area contributed by atoms with Gasteiger partial charge in [0.2, 0.25) is 5.91 Å². The van der Waals surface area contributed by atoms with E-state index in [1.165, 1.54) is 0 Å². The summed E-state index contributed by atoms with van der Waals surface area (Å²) in [7, 11) is 0. The number of amides is 1. The average Bonchev–Trinajstić information content (AvgIpc) is 3.13. The molecule has 1 atom stereocenters. The van der Waals surface area contributed by atoms with Crippen LogP contribution < -0.4 is 4.90 Å². The largest absolute Gasteiger partial charge is 0.457 e. The molecular formula is C23H18BrNO4. The monoisotopic (exact) mass is 451 g/mol. The Morgan fingerprint density at radius 2 is 1.72 bits per heavy atom. The molecule has 1 saturated heterocycles. The van der Waals surface area contributed by atoms with Crippen molar-refractivity contribution in [2.75, 3.05) is 18.1 Å². The Kier molecular flexibility index (Phi) is 5.45. The normalized spacial score (nSPS) is 16.2. The molecule has 6 heteroatoms. The van der Waals surface area contributed by atoms with Crippen molar-refractivity contribution in [3.63, 3.8) is 0 Å². The zero-order valence-electron chi connectivity index (χ0n) is 15.5. The highest BCUT2D eigenvalue weighted by Gasteiger charge is 2.36. The first-order valence-electron chi connectivity index (χ1n) is 9.26. The van der Waals surface area contributed by atoms with Gasteiger partial charge in [0, 0.05) is 28.7 Å². The van der Waals surface area contributed by atoms with Crippen molar-refractivity contribution in [1.29, 1.82) is 0 Å². The average molecular weight is 452 g/mol. The quantitative estimate of drug-likeness (QED) is 0.426. The molecule has 1 fully saturated rings. The van der Waals surface area contributed by atoms with Crippen LogP contribution in [0.2, 0.25) is 0 Å². The lowest BCUT2D eigenvalue weighted by Gasteiger charge is -2.17. The third-order valence-electron chi connectivity index (χ3n) is 5.01. The van der Waals surface area contributed by atoms with Gasteiger partial charge in [-0.1, -0.05) is 58.4 Å². The maximum atomic E-state index is 12.5. The Bertz CT molecular complexity index is 1090. The first-order chi connectivity index (χ1) is 14.0. The van der Waals surface area contributed by atoms with Crippen LogP contribution in [-0.4, -0.2) is 30.8 Å². The third-order valence-corrected chi connectivity index (χ3v) is 5.54. The number of fused-ring (bicyclic) bond motifs is 1. The molecule has 1 aliphatic heterocycles. The first kappa shape index (κ1) is 19.3. The molecule has 0 unspecified atom stereocenters. The van der Waals surface area contributed by atoms with Crippen molar-refractivity contribution < 1.29 is 19.1 Å². The summed E-state index contributed by atoms with van der Waals surface area (Å²) < 4.78 is 6.06. The number of nitrogens with zero attached hydrogens (tertiary/aromatic N) is 1. The Balaban J connectivity index is 1.39. The predicted octanol–water partition coefficient (Wildman–Crippen LogP) is 4.38. The minimum Gasteiger partial charge on any atom is -0.457 e. The van der Waals surface area contributed by atoms with E-state index in [1.54, 1.807) is 29.2 Å². The second-order valence-corrected chi connectivity index (χ2v) is 7.89. The van der Waals surface area contributed by atoms with Crippen molar-refractivity contribution in [2.45, 2.75) is 6.42 Å². The van der Waals surface area contributed by atoms with Crippen molar-refractivity contribution in [3.8, 4) is 0 Å². The van der Waals surface area contributed by atoms with Crippen LogP contribution >= 0.6 is 15.9 Å². The van der Waals surface area contributed by atoms with E-state index in [2.05, 4.69) is 15.9 Å². The number of ketones is 1. The molecule has 29 heavy (non-hydrogen) atoms. The van der Waals surface area contributed by atoms with Crippen LogP contribution in [0.15, 0.2) is 71.2 Å². The number of hydrogen-bond acceptors (Lipinski definition) is 4. The van der Waals surface area contributed by atoms with Gasteiger partial charge >= 0.3 is 5.97 Å². The van der Waals surface area contributed by atoms with Gasteiger partial charge in [0.1, 0.15) is 0 Å². The van der Waals surface area contributed by atoms with Crippen molar-refractivity contribution in [3.05, 3.63) is 76.8 Å². The highest BCUT2D eigenvalue weighted by Crippen LogP contribution is 2.28. The maximum Gasteiger partial charge on any atom is 0.311 e. The lowest BCUT2D eigenvalue weighted by Crippen LogP contribution is -2.27. The Morgan fingerprint density at radius 1 is 1.00 bits per heavy atom. The second-order valence-electron chi connectivity index (χ2n) is 6.97. The van der Waals surface area contributed by atoms with E-state index in [-0.39, 0.29) is 31.3 Å². The number of halogens is 1. The number of carbonyl (C=O) groups is 3. The van der Waals surface area contributed by atoms with Gasteiger partial charge in [-0.25, -0.2) is 0 Å². The molecule has 3 aromatic carbocycles. The van der Waals surface area contributed by atoms with E-state index in [1.807, 2.05) is 42.5 Å². The zero-order valence-corrected chi connectivity index (χ0v) is 17.1. The van der Waals surface area contributed by atoms with Gasteiger partial charge in [0.15, 0.2) is 12.4 Å². The third kappa shape index (κ3) is 4.22. The van der Waals surface area contributed by atoms with Crippen LogP contribution in [0.3, 0.4) is 0 Å². The van der Waals surface area contributed by atoms with E-state index in [0.717, 1.165) is 20.9 Å². The fourth-order valence-electron chi connectivity index (χ4n) is 3.43. The predicted molar refractivity (Wildman–Crippen MR) is 114 cm³/mol. The summed E-state index contributed by atoms with van der Waals surface area (Å²) in [6, 6.07) is 20.5. The molecule has 0 aliphatic carbocycles.